The number of nitrogens with zero attached hydrogens (tertiary/aromatic N) is 1. The lowest BCUT2D eigenvalue weighted by atomic mass is 10.1. The van der Waals surface area contributed by atoms with Crippen molar-refractivity contribution >= 4 is 51.6 Å². The maximum absolute atomic E-state index is 12.6. The van der Waals surface area contributed by atoms with E-state index in [9.17, 15) is 14.4 Å². The molecule has 1 fully saturated rings. The average molecular weight is 439 g/mol. The van der Waals surface area contributed by atoms with Gasteiger partial charge in [0.1, 0.15) is 0 Å². The third kappa shape index (κ3) is 4.88. The van der Waals surface area contributed by atoms with Crippen LogP contribution in [0.15, 0.2) is 48.7 Å². The van der Waals surface area contributed by atoms with E-state index in [0.717, 1.165) is 16.5 Å². The van der Waals surface area contributed by atoms with E-state index in [4.69, 9.17) is 11.6 Å². The first kappa shape index (κ1) is 20.9. The molecular formula is C23H23ClN4O3. The maximum atomic E-state index is 12.6. The number of rotatable bonds is 6. The number of nitrogens with one attached hydrogen (secondary N) is 3. The van der Waals surface area contributed by atoms with E-state index < -0.39 is 0 Å². The summed E-state index contributed by atoms with van der Waals surface area (Å²) in [6.45, 7) is 2.39. The predicted molar refractivity (Wildman–Crippen MR) is 121 cm³/mol. The van der Waals surface area contributed by atoms with Crippen molar-refractivity contribution in [3.05, 3.63) is 59.2 Å². The molecule has 4 rings (SSSR count). The second-order valence-electron chi connectivity index (χ2n) is 7.74. The molecule has 3 amide bonds. The molecule has 0 unspecified atom stereocenters. The molecule has 1 saturated heterocycles. The van der Waals surface area contributed by atoms with Crippen LogP contribution in [0.25, 0.3) is 10.9 Å². The van der Waals surface area contributed by atoms with Crippen molar-refractivity contribution in [3.63, 3.8) is 0 Å². The molecule has 0 saturated carbocycles. The summed E-state index contributed by atoms with van der Waals surface area (Å²) >= 11 is 6.11. The fourth-order valence-corrected chi connectivity index (χ4v) is 4.03. The molecule has 0 spiro atoms. The third-order valence-electron chi connectivity index (χ3n) is 5.44. The van der Waals surface area contributed by atoms with E-state index in [1.54, 1.807) is 29.2 Å². The molecule has 1 aliphatic rings. The molecule has 7 nitrogen and oxygen atoms in total. The largest absolute Gasteiger partial charge is 0.361 e. The number of amides is 3. The highest BCUT2D eigenvalue weighted by atomic mass is 35.5. The second kappa shape index (κ2) is 8.81. The number of fused-ring (bicyclic) bond motifs is 1. The fraction of sp³-hybridized carbons (Fsp3) is 0.261. The van der Waals surface area contributed by atoms with E-state index in [1.165, 1.54) is 6.92 Å². The van der Waals surface area contributed by atoms with E-state index in [-0.39, 0.29) is 30.1 Å². The standard InChI is InChI=1S/C23H23ClN4O3/c1-14(29)26-18-3-5-19(6-4-18)27-23(31)16-10-22(30)28(13-16)9-8-15-12-25-21-7-2-17(24)11-20(15)21/h2-7,11-12,16,25H,8-10,13H2,1H3,(H,26,29)(H,27,31)/t16-/m0/s1. The summed E-state index contributed by atoms with van der Waals surface area (Å²) in [6.07, 6.45) is 2.83. The third-order valence-corrected chi connectivity index (χ3v) is 5.67. The van der Waals surface area contributed by atoms with Crippen molar-refractivity contribution in [3.8, 4) is 0 Å². The summed E-state index contributed by atoms with van der Waals surface area (Å²) in [5, 5.41) is 7.26. The van der Waals surface area contributed by atoms with Gasteiger partial charge in [0, 0.05) is 59.9 Å². The van der Waals surface area contributed by atoms with Crippen LogP contribution in [-0.4, -0.2) is 40.7 Å². The van der Waals surface area contributed by atoms with Gasteiger partial charge in [-0.15, -0.1) is 0 Å². The van der Waals surface area contributed by atoms with Gasteiger partial charge >= 0.3 is 0 Å². The van der Waals surface area contributed by atoms with Crippen molar-refractivity contribution in [1.82, 2.24) is 9.88 Å². The predicted octanol–water partition coefficient (Wildman–Crippen LogP) is 3.81. The number of hydrogen-bond acceptors (Lipinski definition) is 3. The van der Waals surface area contributed by atoms with Crippen molar-refractivity contribution in [2.45, 2.75) is 19.8 Å². The molecule has 2 heterocycles. The van der Waals surface area contributed by atoms with Gasteiger partial charge in [-0.3, -0.25) is 14.4 Å². The lowest BCUT2D eigenvalue weighted by Gasteiger charge is -2.16. The molecule has 2 aromatic carbocycles. The van der Waals surface area contributed by atoms with Crippen LogP contribution in [0.4, 0.5) is 11.4 Å². The van der Waals surface area contributed by atoms with Crippen LogP contribution in [-0.2, 0) is 20.8 Å². The number of benzene rings is 2. The number of carbonyl (C=O) groups is 3. The van der Waals surface area contributed by atoms with Crippen molar-refractivity contribution in [2.75, 3.05) is 23.7 Å². The molecule has 0 radical (unpaired) electrons. The van der Waals surface area contributed by atoms with Gasteiger partial charge in [0.2, 0.25) is 17.7 Å². The Morgan fingerprint density at radius 1 is 1.13 bits per heavy atom. The Labute approximate surface area is 184 Å². The number of carbonyl (C=O) groups excluding carboxylic acids is 3. The molecule has 0 bridgehead atoms. The quantitative estimate of drug-likeness (QED) is 0.546. The highest BCUT2D eigenvalue weighted by molar-refractivity contribution is 6.31. The van der Waals surface area contributed by atoms with Gasteiger partial charge in [0.25, 0.3) is 0 Å². The Balaban J connectivity index is 1.33. The van der Waals surface area contributed by atoms with Crippen molar-refractivity contribution in [1.29, 1.82) is 0 Å². The molecule has 160 valence electrons. The number of likely N-dealkylation sites (tertiary alicyclic amines) is 1. The molecule has 8 heteroatoms. The molecule has 1 aliphatic heterocycles. The first-order chi connectivity index (χ1) is 14.9. The first-order valence-electron chi connectivity index (χ1n) is 10.1. The summed E-state index contributed by atoms with van der Waals surface area (Å²) < 4.78 is 0. The Kier molecular flexibility index (Phi) is 5.95. The summed E-state index contributed by atoms with van der Waals surface area (Å²) in [4.78, 5) is 41.1. The molecule has 1 atom stereocenters. The molecular weight excluding hydrogens is 416 g/mol. The number of hydrogen-bond donors (Lipinski definition) is 3. The van der Waals surface area contributed by atoms with Crippen LogP contribution in [0.1, 0.15) is 18.9 Å². The van der Waals surface area contributed by atoms with Gasteiger partial charge in [-0.1, -0.05) is 11.6 Å². The maximum Gasteiger partial charge on any atom is 0.229 e. The number of H-pyrrole nitrogens is 1. The molecule has 0 aliphatic carbocycles. The van der Waals surface area contributed by atoms with E-state index in [1.807, 2.05) is 24.4 Å². The Morgan fingerprint density at radius 3 is 2.55 bits per heavy atom. The topological polar surface area (TPSA) is 94.3 Å². The van der Waals surface area contributed by atoms with Crippen molar-refractivity contribution < 1.29 is 14.4 Å². The zero-order valence-electron chi connectivity index (χ0n) is 17.1. The van der Waals surface area contributed by atoms with Crippen LogP contribution in [0.3, 0.4) is 0 Å². The van der Waals surface area contributed by atoms with Crippen LogP contribution < -0.4 is 10.6 Å². The minimum Gasteiger partial charge on any atom is -0.361 e. The second-order valence-corrected chi connectivity index (χ2v) is 8.18. The lowest BCUT2D eigenvalue weighted by molar-refractivity contribution is -0.128. The molecule has 3 aromatic rings. The lowest BCUT2D eigenvalue weighted by Crippen LogP contribution is -2.30. The summed E-state index contributed by atoms with van der Waals surface area (Å²) in [7, 11) is 0. The highest BCUT2D eigenvalue weighted by Crippen LogP contribution is 2.25. The monoisotopic (exact) mass is 438 g/mol. The summed E-state index contributed by atoms with van der Waals surface area (Å²) in [5.41, 5.74) is 3.39. The molecule has 3 N–H and O–H groups in total. The summed E-state index contributed by atoms with van der Waals surface area (Å²) in [6, 6.07) is 12.6. The van der Waals surface area contributed by atoms with Crippen molar-refractivity contribution in [2.24, 2.45) is 5.92 Å². The van der Waals surface area contributed by atoms with E-state index >= 15 is 0 Å². The Morgan fingerprint density at radius 2 is 1.84 bits per heavy atom. The smallest absolute Gasteiger partial charge is 0.229 e. The number of halogens is 1. The van der Waals surface area contributed by atoms with Crippen LogP contribution >= 0.6 is 11.6 Å². The number of aromatic amines is 1. The normalized spacial score (nSPS) is 16.0. The van der Waals surface area contributed by atoms with Gasteiger partial charge in [0.05, 0.1) is 5.92 Å². The Bertz CT molecular complexity index is 1140. The van der Waals surface area contributed by atoms with Crippen LogP contribution in [0.5, 0.6) is 0 Å². The van der Waals surface area contributed by atoms with Gasteiger partial charge in [-0.05, 0) is 54.4 Å². The van der Waals surface area contributed by atoms with E-state index in [0.29, 0.717) is 35.9 Å². The Hall–Kier alpha value is -3.32. The molecule has 31 heavy (non-hydrogen) atoms. The first-order valence-corrected chi connectivity index (χ1v) is 10.5. The van der Waals surface area contributed by atoms with E-state index in [2.05, 4.69) is 15.6 Å². The molecule has 1 aromatic heterocycles. The highest BCUT2D eigenvalue weighted by Gasteiger charge is 2.34. The zero-order chi connectivity index (χ0) is 22.0. The van der Waals surface area contributed by atoms with Crippen LogP contribution in [0.2, 0.25) is 5.02 Å². The average Bonchev–Trinajstić information content (AvgIpc) is 3.30. The SMILES string of the molecule is CC(=O)Nc1ccc(NC(=O)[C@H]2CC(=O)N(CCc3c[nH]c4ccc(Cl)cc34)C2)cc1. The van der Waals surface area contributed by atoms with Gasteiger partial charge in [-0.25, -0.2) is 0 Å². The zero-order valence-corrected chi connectivity index (χ0v) is 17.8. The number of anilines is 2. The van der Waals surface area contributed by atoms with Gasteiger partial charge < -0.3 is 20.5 Å². The number of aromatic nitrogens is 1. The minimum atomic E-state index is -0.389. The van der Waals surface area contributed by atoms with Gasteiger partial charge in [-0.2, -0.15) is 0 Å². The minimum absolute atomic E-state index is 0.0148. The fourth-order valence-electron chi connectivity index (χ4n) is 3.86. The summed E-state index contributed by atoms with van der Waals surface area (Å²) in [5.74, 6) is -0.738. The van der Waals surface area contributed by atoms with Gasteiger partial charge in [0.15, 0.2) is 0 Å². The van der Waals surface area contributed by atoms with Crippen LogP contribution in [0, 0.1) is 5.92 Å².